The maximum atomic E-state index is 13.0. The van der Waals surface area contributed by atoms with Crippen molar-refractivity contribution in [3.8, 4) is 5.69 Å². The smallest absolute Gasteiger partial charge is 0.292 e. The Labute approximate surface area is 164 Å². The molecule has 2 heterocycles. The molecule has 0 N–H and O–H groups in total. The van der Waals surface area contributed by atoms with E-state index in [2.05, 4.69) is 4.37 Å². The molecule has 2 aromatic heterocycles. The Kier molecular flexibility index (Phi) is 5.38. The Balaban J connectivity index is 2.25. The highest BCUT2D eigenvalue weighted by atomic mass is 35.5. The predicted molar refractivity (Wildman–Crippen MR) is 99.6 cm³/mol. The van der Waals surface area contributed by atoms with E-state index in [4.69, 9.17) is 23.2 Å². The third kappa shape index (κ3) is 3.51. The first-order valence-corrected chi connectivity index (χ1v) is 9.45. The Hall–Kier alpha value is -1.84. The van der Waals surface area contributed by atoms with Crippen molar-refractivity contribution < 1.29 is 13.2 Å². The summed E-state index contributed by atoms with van der Waals surface area (Å²) in [6, 6.07) is 5.07. The second kappa shape index (κ2) is 7.29. The molecular formula is C16H12Cl2F3N3O2S. The Morgan fingerprint density at radius 1 is 1.19 bits per heavy atom. The fraction of sp³-hybridized carbons (Fsp3) is 0.312. The summed E-state index contributed by atoms with van der Waals surface area (Å²) in [5.41, 5.74) is -2.70. The summed E-state index contributed by atoms with van der Waals surface area (Å²) in [4.78, 5) is 24.7. The SMILES string of the molecule is Cn1c(C(F)(F)F)cc(=O)n(-c2ccc3snc(C(CCl)CCl)c3c2)c1=O. The molecule has 0 bridgehead atoms. The van der Waals surface area contributed by atoms with E-state index < -0.39 is 23.1 Å². The molecule has 27 heavy (non-hydrogen) atoms. The van der Waals surface area contributed by atoms with E-state index in [0.29, 0.717) is 26.3 Å². The second-order valence-electron chi connectivity index (χ2n) is 5.80. The van der Waals surface area contributed by atoms with Crippen molar-refractivity contribution in [2.24, 2.45) is 7.05 Å². The minimum Gasteiger partial charge on any atom is -0.292 e. The van der Waals surface area contributed by atoms with Crippen molar-refractivity contribution in [2.75, 3.05) is 11.8 Å². The van der Waals surface area contributed by atoms with Crippen LogP contribution in [0, 0.1) is 0 Å². The molecule has 11 heteroatoms. The number of fused-ring (bicyclic) bond motifs is 1. The van der Waals surface area contributed by atoms with Crippen LogP contribution in [-0.2, 0) is 13.2 Å². The summed E-state index contributed by atoms with van der Waals surface area (Å²) in [5, 5.41) is 0.651. The van der Waals surface area contributed by atoms with Gasteiger partial charge in [-0.3, -0.25) is 9.36 Å². The van der Waals surface area contributed by atoms with Crippen LogP contribution >= 0.6 is 34.7 Å². The molecular weight excluding hydrogens is 426 g/mol. The van der Waals surface area contributed by atoms with Crippen LogP contribution in [0.5, 0.6) is 0 Å². The summed E-state index contributed by atoms with van der Waals surface area (Å²) in [6.45, 7) is 0. The molecule has 0 fully saturated rings. The number of benzene rings is 1. The maximum absolute atomic E-state index is 13.0. The summed E-state index contributed by atoms with van der Waals surface area (Å²) < 4.78 is 45.2. The molecule has 5 nitrogen and oxygen atoms in total. The van der Waals surface area contributed by atoms with Crippen LogP contribution in [0.3, 0.4) is 0 Å². The largest absolute Gasteiger partial charge is 0.431 e. The molecule has 0 radical (unpaired) electrons. The topological polar surface area (TPSA) is 56.9 Å². The van der Waals surface area contributed by atoms with E-state index in [1.165, 1.54) is 23.7 Å². The van der Waals surface area contributed by atoms with E-state index in [-0.39, 0.29) is 23.4 Å². The van der Waals surface area contributed by atoms with Crippen LogP contribution < -0.4 is 11.2 Å². The molecule has 3 aromatic rings. The van der Waals surface area contributed by atoms with Gasteiger partial charge in [-0.05, 0) is 29.7 Å². The van der Waals surface area contributed by atoms with Crippen molar-refractivity contribution >= 4 is 44.8 Å². The number of nitrogens with zero attached hydrogens (tertiary/aromatic N) is 3. The zero-order valence-electron chi connectivity index (χ0n) is 13.8. The minimum atomic E-state index is -4.81. The van der Waals surface area contributed by atoms with Crippen molar-refractivity contribution in [2.45, 2.75) is 12.1 Å². The monoisotopic (exact) mass is 437 g/mol. The molecule has 0 amide bonds. The van der Waals surface area contributed by atoms with Gasteiger partial charge in [0.05, 0.1) is 16.1 Å². The lowest BCUT2D eigenvalue weighted by atomic mass is 10.1. The Morgan fingerprint density at radius 2 is 1.85 bits per heavy atom. The Morgan fingerprint density at radius 3 is 2.44 bits per heavy atom. The predicted octanol–water partition coefficient (Wildman–Crippen LogP) is 3.73. The molecule has 0 unspecified atom stereocenters. The highest BCUT2D eigenvalue weighted by molar-refractivity contribution is 7.13. The van der Waals surface area contributed by atoms with Gasteiger partial charge in [0.15, 0.2) is 0 Å². The molecule has 1 aromatic carbocycles. The summed E-state index contributed by atoms with van der Waals surface area (Å²) in [7, 11) is 0.966. The van der Waals surface area contributed by atoms with Crippen LogP contribution in [-0.4, -0.2) is 25.3 Å². The lowest BCUT2D eigenvalue weighted by Crippen LogP contribution is -2.40. The van der Waals surface area contributed by atoms with E-state index in [1.54, 1.807) is 6.07 Å². The molecule has 0 aliphatic rings. The molecule has 0 saturated heterocycles. The van der Waals surface area contributed by atoms with Gasteiger partial charge in [0.25, 0.3) is 5.56 Å². The van der Waals surface area contributed by atoms with Gasteiger partial charge < -0.3 is 0 Å². The fourth-order valence-electron chi connectivity index (χ4n) is 2.70. The first-order valence-electron chi connectivity index (χ1n) is 7.61. The number of hydrogen-bond donors (Lipinski definition) is 0. The van der Waals surface area contributed by atoms with Gasteiger partial charge in [-0.25, -0.2) is 9.36 Å². The van der Waals surface area contributed by atoms with Crippen LogP contribution in [0.1, 0.15) is 17.3 Å². The van der Waals surface area contributed by atoms with Crippen molar-refractivity contribution in [1.82, 2.24) is 13.5 Å². The molecule has 0 aliphatic carbocycles. The van der Waals surface area contributed by atoms with Crippen molar-refractivity contribution in [1.29, 1.82) is 0 Å². The average molecular weight is 438 g/mol. The van der Waals surface area contributed by atoms with Gasteiger partial charge in [-0.1, -0.05) is 0 Å². The van der Waals surface area contributed by atoms with Crippen molar-refractivity contribution in [3.63, 3.8) is 0 Å². The van der Waals surface area contributed by atoms with Crippen LogP contribution in [0.4, 0.5) is 13.2 Å². The fourth-order valence-corrected chi connectivity index (χ4v) is 4.16. The van der Waals surface area contributed by atoms with Gasteiger partial charge >= 0.3 is 11.9 Å². The third-order valence-electron chi connectivity index (χ3n) is 4.11. The molecule has 0 spiro atoms. The summed E-state index contributed by atoms with van der Waals surface area (Å²) in [5.74, 6) is 0.229. The van der Waals surface area contributed by atoms with Gasteiger partial charge in [-0.15, -0.1) is 23.2 Å². The van der Waals surface area contributed by atoms with E-state index in [0.717, 1.165) is 11.7 Å². The normalized spacial score (nSPS) is 12.3. The van der Waals surface area contributed by atoms with Gasteiger partial charge in [-0.2, -0.15) is 17.5 Å². The summed E-state index contributed by atoms with van der Waals surface area (Å²) in [6.07, 6.45) is -4.81. The molecule has 0 aliphatic heterocycles. The Bertz CT molecular complexity index is 1120. The van der Waals surface area contributed by atoms with Gasteiger partial charge in [0, 0.05) is 36.2 Å². The number of hydrogen-bond acceptors (Lipinski definition) is 4. The first kappa shape index (κ1) is 19.9. The van der Waals surface area contributed by atoms with Crippen molar-refractivity contribution in [3.05, 3.63) is 56.5 Å². The number of aromatic nitrogens is 3. The molecule has 3 rings (SSSR count). The number of rotatable bonds is 4. The average Bonchev–Trinajstić information content (AvgIpc) is 3.02. The molecule has 0 atom stereocenters. The lowest BCUT2D eigenvalue weighted by Gasteiger charge is -2.14. The minimum absolute atomic E-state index is 0.145. The van der Waals surface area contributed by atoms with E-state index >= 15 is 0 Å². The van der Waals surface area contributed by atoms with Gasteiger partial charge in [0.2, 0.25) is 0 Å². The standard InChI is InChI=1S/C16H12Cl2F3N3O2S/c1-23-12(16(19,20)21)5-13(25)24(15(23)26)9-2-3-11-10(4-9)14(22-27-11)8(6-17)7-18/h2-5,8H,6-7H2,1H3. The summed E-state index contributed by atoms with van der Waals surface area (Å²) >= 11 is 13.0. The maximum Gasteiger partial charge on any atom is 0.431 e. The molecule has 0 saturated carbocycles. The lowest BCUT2D eigenvalue weighted by molar-refractivity contribution is -0.144. The van der Waals surface area contributed by atoms with E-state index in [1.807, 2.05) is 0 Å². The first-order chi connectivity index (χ1) is 12.7. The van der Waals surface area contributed by atoms with Crippen LogP contribution in [0.2, 0.25) is 0 Å². The number of halogens is 5. The zero-order chi connectivity index (χ0) is 19.9. The van der Waals surface area contributed by atoms with E-state index in [9.17, 15) is 22.8 Å². The highest BCUT2D eigenvalue weighted by Gasteiger charge is 2.35. The van der Waals surface area contributed by atoms with Crippen LogP contribution in [0.15, 0.2) is 33.9 Å². The van der Waals surface area contributed by atoms with Crippen LogP contribution in [0.25, 0.3) is 15.8 Å². The zero-order valence-corrected chi connectivity index (χ0v) is 16.1. The molecule has 144 valence electrons. The highest BCUT2D eigenvalue weighted by Crippen LogP contribution is 2.31. The van der Waals surface area contributed by atoms with Gasteiger partial charge in [0.1, 0.15) is 5.69 Å². The third-order valence-corrected chi connectivity index (χ3v) is 5.70. The number of alkyl halides is 5. The second-order valence-corrected chi connectivity index (χ2v) is 7.22. The quantitative estimate of drug-likeness (QED) is 0.584.